The van der Waals surface area contributed by atoms with E-state index in [-0.39, 0.29) is 11.9 Å². The lowest BCUT2D eigenvalue weighted by atomic mass is 9.98. The molecular formula is C25H30N4O3S. The third kappa shape index (κ3) is 7.21. The van der Waals surface area contributed by atoms with Crippen LogP contribution < -0.4 is 11.1 Å². The van der Waals surface area contributed by atoms with E-state index in [4.69, 9.17) is 26.0 Å². The van der Waals surface area contributed by atoms with Crippen molar-refractivity contribution >= 4 is 35.4 Å². The Morgan fingerprint density at radius 3 is 2.64 bits per heavy atom. The van der Waals surface area contributed by atoms with Crippen LogP contribution in [0.1, 0.15) is 35.3 Å². The maximum absolute atomic E-state index is 11.2. The van der Waals surface area contributed by atoms with Crippen molar-refractivity contribution in [3.05, 3.63) is 76.0 Å². The molecule has 1 aliphatic rings. The highest BCUT2D eigenvalue weighted by molar-refractivity contribution is 7.10. The van der Waals surface area contributed by atoms with E-state index in [9.17, 15) is 4.79 Å². The van der Waals surface area contributed by atoms with Crippen LogP contribution in [0.25, 0.3) is 5.57 Å². The van der Waals surface area contributed by atoms with Gasteiger partial charge in [-0.25, -0.2) is 0 Å². The lowest BCUT2D eigenvalue weighted by Crippen LogP contribution is -2.41. The number of allylic oxidation sites excluding steroid dienone is 4. The molecule has 0 radical (unpaired) electrons. The molecule has 0 spiro atoms. The van der Waals surface area contributed by atoms with Crippen LogP contribution in [0.15, 0.2) is 60.0 Å². The maximum Gasteiger partial charge on any atom is 0.207 e. The molecule has 5 N–H and O–H groups in total. The Morgan fingerprint density at radius 2 is 2.00 bits per heavy atom. The number of carbonyl (C=O) groups excluding carboxylic acids is 1. The third-order valence-corrected chi connectivity index (χ3v) is 6.41. The number of hydrogen-bond donors (Lipinski definition) is 4. The van der Waals surface area contributed by atoms with Crippen LogP contribution in [-0.4, -0.2) is 43.5 Å². The fraction of sp³-hybridized carbons (Fsp3) is 0.320. The smallest absolute Gasteiger partial charge is 0.207 e. The van der Waals surface area contributed by atoms with Gasteiger partial charge in [0.15, 0.2) is 5.79 Å². The summed E-state index contributed by atoms with van der Waals surface area (Å²) in [6, 6.07) is 11.5. The molecule has 7 nitrogen and oxygen atoms in total. The van der Waals surface area contributed by atoms with Crippen molar-refractivity contribution in [1.29, 1.82) is 10.8 Å². The van der Waals surface area contributed by atoms with E-state index in [1.807, 2.05) is 60.0 Å². The number of amidine groups is 1. The molecule has 2 heterocycles. The van der Waals surface area contributed by atoms with Crippen LogP contribution in [0.5, 0.6) is 0 Å². The highest BCUT2D eigenvalue weighted by Crippen LogP contribution is 2.31. The SMILES string of the molecule is N=C/C(=C\C=C\CCC1(CC(Cc2cc(C(=N)N)cs2)NC=O)OCCO1)c1ccccc1. The normalized spacial score (nSPS) is 16.5. The van der Waals surface area contributed by atoms with Crippen LogP contribution in [0.3, 0.4) is 0 Å². The minimum Gasteiger partial charge on any atom is -0.384 e. The second-order valence-corrected chi connectivity index (χ2v) is 8.81. The molecule has 174 valence electrons. The standard InChI is InChI=1S/C25H30N4O3S/c26-16-20(19-7-3-1-4-8-19)9-5-2-6-10-25(31-11-12-32-25)15-22(29-18-30)14-23-13-21(17-33-23)24(27)28/h1-5,7-9,13,16-18,22,26H,6,10-12,14-15H2,(H3,27,28)(H,29,30)/b5-2+,20-9+,26-16?. The van der Waals surface area contributed by atoms with Gasteiger partial charge in [0.1, 0.15) is 5.84 Å². The van der Waals surface area contributed by atoms with Crippen LogP contribution in [0, 0.1) is 10.8 Å². The van der Waals surface area contributed by atoms with Crippen molar-refractivity contribution in [3.8, 4) is 0 Å². The summed E-state index contributed by atoms with van der Waals surface area (Å²) < 4.78 is 12.0. The largest absolute Gasteiger partial charge is 0.384 e. The molecule has 8 heteroatoms. The van der Waals surface area contributed by atoms with Gasteiger partial charge in [-0.05, 0) is 23.6 Å². The van der Waals surface area contributed by atoms with Gasteiger partial charge in [0.05, 0.1) is 13.2 Å². The molecule has 1 amide bonds. The monoisotopic (exact) mass is 466 g/mol. The molecule has 3 rings (SSSR count). The van der Waals surface area contributed by atoms with E-state index in [0.29, 0.717) is 44.4 Å². The Kier molecular flexibility index (Phi) is 9.12. The average molecular weight is 467 g/mol. The highest BCUT2D eigenvalue weighted by Gasteiger charge is 2.38. The number of thiophene rings is 1. The Balaban J connectivity index is 1.61. The number of hydrogen-bond acceptors (Lipinski definition) is 6. The van der Waals surface area contributed by atoms with Gasteiger partial charge in [-0.3, -0.25) is 10.2 Å². The average Bonchev–Trinajstić information content (AvgIpc) is 3.47. The Bertz CT molecular complexity index is 994. The van der Waals surface area contributed by atoms with Crippen molar-refractivity contribution in [3.63, 3.8) is 0 Å². The molecule has 0 bridgehead atoms. The minimum absolute atomic E-state index is 0.0376. The minimum atomic E-state index is -0.751. The van der Waals surface area contributed by atoms with Crippen molar-refractivity contribution < 1.29 is 14.3 Å². The Morgan fingerprint density at radius 1 is 1.24 bits per heavy atom. The summed E-state index contributed by atoms with van der Waals surface area (Å²) in [5.41, 5.74) is 8.10. The molecule has 1 aromatic heterocycles. The predicted octanol–water partition coefficient (Wildman–Crippen LogP) is 3.89. The first-order chi connectivity index (χ1) is 16.0. The first kappa shape index (κ1) is 24.6. The van der Waals surface area contributed by atoms with Crippen molar-refractivity contribution in [1.82, 2.24) is 5.32 Å². The molecule has 0 saturated carbocycles. The second-order valence-electron chi connectivity index (χ2n) is 7.81. The summed E-state index contributed by atoms with van der Waals surface area (Å²) in [4.78, 5) is 12.3. The lowest BCUT2D eigenvalue weighted by molar-refractivity contribution is -0.170. The maximum atomic E-state index is 11.2. The number of nitrogens with one attached hydrogen (secondary N) is 3. The number of nitrogen functional groups attached to an aromatic ring is 1. The molecule has 1 unspecified atom stereocenters. The fourth-order valence-electron chi connectivity index (χ4n) is 3.82. The third-order valence-electron chi connectivity index (χ3n) is 5.45. The Hall–Kier alpha value is -3.07. The summed E-state index contributed by atoms with van der Waals surface area (Å²) in [5, 5.41) is 20.0. The van der Waals surface area contributed by atoms with Crippen LogP contribution in [0.2, 0.25) is 0 Å². The molecule has 1 aliphatic heterocycles. The zero-order valence-electron chi connectivity index (χ0n) is 18.5. The van der Waals surface area contributed by atoms with Crippen molar-refractivity contribution in [2.75, 3.05) is 13.2 Å². The van der Waals surface area contributed by atoms with Gasteiger partial charge in [0, 0.05) is 47.3 Å². The topological polar surface area (TPSA) is 121 Å². The van der Waals surface area contributed by atoms with E-state index in [1.165, 1.54) is 17.6 Å². The summed E-state index contributed by atoms with van der Waals surface area (Å²) in [5.74, 6) is -0.713. The molecule has 2 aromatic rings. The molecule has 1 saturated heterocycles. The summed E-state index contributed by atoms with van der Waals surface area (Å²) >= 11 is 1.52. The summed E-state index contributed by atoms with van der Waals surface area (Å²) in [6.07, 6.45) is 10.5. The summed E-state index contributed by atoms with van der Waals surface area (Å²) in [7, 11) is 0. The summed E-state index contributed by atoms with van der Waals surface area (Å²) in [6.45, 7) is 1.05. The number of amides is 1. The quantitative estimate of drug-likeness (QED) is 0.155. The predicted molar refractivity (Wildman–Crippen MR) is 133 cm³/mol. The van der Waals surface area contributed by atoms with E-state index < -0.39 is 5.79 Å². The molecule has 33 heavy (non-hydrogen) atoms. The molecule has 0 aliphatic carbocycles. The molecule has 1 fully saturated rings. The highest BCUT2D eigenvalue weighted by atomic mass is 32.1. The number of benzene rings is 1. The van der Waals surface area contributed by atoms with Gasteiger partial charge in [0.25, 0.3) is 0 Å². The molecule has 1 atom stereocenters. The molecule has 1 aromatic carbocycles. The van der Waals surface area contributed by atoms with Crippen LogP contribution in [0.4, 0.5) is 0 Å². The van der Waals surface area contributed by atoms with E-state index in [1.54, 1.807) is 0 Å². The number of carbonyl (C=O) groups is 1. The zero-order chi connectivity index (χ0) is 23.5. The van der Waals surface area contributed by atoms with E-state index in [0.717, 1.165) is 22.4 Å². The van der Waals surface area contributed by atoms with Gasteiger partial charge >= 0.3 is 0 Å². The zero-order valence-corrected chi connectivity index (χ0v) is 19.3. The first-order valence-corrected chi connectivity index (χ1v) is 11.8. The van der Waals surface area contributed by atoms with Crippen LogP contribution >= 0.6 is 11.3 Å². The van der Waals surface area contributed by atoms with Gasteiger partial charge < -0.3 is 25.9 Å². The van der Waals surface area contributed by atoms with Gasteiger partial charge in [-0.1, -0.05) is 48.6 Å². The van der Waals surface area contributed by atoms with Gasteiger partial charge in [0.2, 0.25) is 6.41 Å². The number of nitrogens with two attached hydrogens (primary N) is 1. The first-order valence-electron chi connectivity index (χ1n) is 10.9. The van der Waals surface area contributed by atoms with E-state index in [2.05, 4.69) is 5.32 Å². The van der Waals surface area contributed by atoms with Crippen molar-refractivity contribution in [2.24, 2.45) is 5.73 Å². The van der Waals surface area contributed by atoms with Gasteiger partial charge in [-0.2, -0.15) is 0 Å². The number of ether oxygens (including phenoxy) is 2. The van der Waals surface area contributed by atoms with E-state index >= 15 is 0 Å². The second kappa shape index (κ2) is 12.2. The van der Waals surface area contributed by atoms with Crippen molar-refractivity contribution in [2.45, 2.75) is 37.5 Å². The lowest BCUT2D eigenvalue weighted by Gasteiger charge is -2.31. The molecular weight excluding hydrogens is 436 g/mol. The number of rotatable bonds is 13. The fourth-order valence-corrected chi connectivity index (χ4v) is 4.79. The van der Waals surface area contributed by atoms with Gasteiger partial charge in [-0.15, -0.1) is 11.3 Å². The van der Waals surface area contributed by atoms with Crippen LogP contribution in [-0.2, 0) is 20.7 Å². The Labute approximate surface area is 198 Å².